The van der Waals surface area contributed by atoms with Gasteiger partial charge in [0.1, 0.15) is 11.9 Å². The Labute approximate surface area is 141 Å². The number of carbonyl (C=O) groups is 2. The summed E-state index contributed by atoms with van der Waals surface area (Å²) in [5.74, 6) is -0.0904. The lowest BCUT2D eigenvalue weighted by Gasteiger charge is -2.33. The van der Waals surface area contributed by atoms with Gasteiger partial charge in [-0.2, -0.15) is 0 Å². The molecule has 1 aromatic rings. The molecule has 1 heterocycles. The standard InChI is InChI=1S/C19H23FN2O2/c20-14-7-5-12(6-8-14)19(24)22-16-4-2-1-3-13(16)11-17(22)18(23)21-15-9-10-15/h5-8,13,15-17H,1-4,9-11H2,(H,21,23)/t13-,16+,17+/m0/s1. The van der Waals surface area contributed by atoms with E-state index in [1.807, 2.05) is 0 Å². The summed E-state index contributed by atoms with van der Waals surface area (Å²) >= 11 is 0. The minimum Gasteiger partial charge on any atom is -0.352 e. The topological polar surface area (TPSA) is 49.4 Å². The van der Waals surface area contributed by atoms with Crippen molar-refractivity contribution in [1.29, 1.82) is 0 Å². The molecule has 3 aliphatic rings. The van der Waals surface area contributed by atoms with Gasteiger partial charge >= 0.3 is 0 Å². The summed E-state index contributed by atoms with van der Waals surface area (Å²) in [6, 6.07) is 5.71. The second-order valence-corrected chi connectivity index (χ2v) is 7.37. The molecule has 1 aliphatic heterocycles. The number of rotatable bonds is 3. The fraction of sp³-hybridized carbons (Fsp3) is 0.579. The Hall–Kier alpha value is -1.91. The van der Waals surface area contributed by atoms with E-state index in [9.17, 15) is 14.0 Å². The third-order valence-corrected chi connectivity index (χ3v) is 5.64. The Kier molecular flexibility index (Phi) is 4.02. The molecule has 0 aromatic heterocycles. The van der Waals surface area contributed by atoms with Gasteiger partial charge in [0.25, 0.3) is 5.91 Å². The Morgan fingerprint density at radius 1 is 1.04 bits per heavy atom. The predicted octanol–water partition coefficient (Wildman–Crippen LogP) is 2.88. The van der Waals surface area contributed by atoms with Crippen molar-refractivity contribution in [3.8, 4) is 0 Å². The molecule has 4 nitrogen and oxygen atoms in total. The van der Waals surface area contributed by atoms with Crippen molar-refractivity contribution in [2.45, 2.75) is 63.1 Å². The third kappa shape index (κ3) is 2.92. The number of nitrogens with one attached hydrogen (secondary N) is 1. The smallest absolute Gasteiger partial charge is 0.254 e. The van der Waals surface area contributed by atoms with Gasteiger partial charge in [-0.05, 0) is 62.3 Å². The molecule has 1 aromatic carbocycles. The number of hydrogen-bond donors (Lipinski definition) is 1. The maximum atomic E-state index is 13.2. The second kappa shape index (κ2) is 6.19. The van der Waals surface area contributed by atoms with Gasteiger partial charge in [0.05, 0.1) is 0 Å². The molecule has 128 valence electrons. The average molecular weight is 330 g/mol. The molecule has 3 atom stereocenters. The number of halogens is 1. The van der Waals surface area contributed by atoms with Crippen molar-refractivity contribution in [3.05, 3.63) is 35.6 Å². The summed E-state index contributed by atoms with van der Waals surface area (Å²) in [6.45, 7) is 0. The van der Waals surface area contributed by atoms with Crippen LogP contribution >= 0.6 is 0 Å². The van der Waals surface area contributed by atoms with Crippen LogP contribution in [0.15, 0.2) is 24.3 Å². The van der Waals surface area contributed by atoms with Gasteiger partial charge in [0.2, 0.25) is 5.91 Å². The molecule has 3 fully saturated rings. The van der Waals surface area contributed by atoms with E-state index in [1.165, 1.54) is 30.7 Å². The molecular weight excluding hydrogens is 307 g/mol. The molecule has 2 amide bonds. The molecule has 1 saturated heterocycles. The van der Waals surface area contributed by atoms with Crippen molar-refractivity contribution in [1.82, 2.24) is 10.2 Å². The SMILES string of the molecule is O=C(NC1CC1)[C@H]1C[C@@H]2CCCC[C@H]2N1C(=O)c1ccc(F)cc1. The van der Waals surface area contributed by atoms with Crippen LogP contribution in [0.4, 0.5) is 4.39 Å². The molecule has 0 radical (unpaired) electrons. The van der Waals surface area contributed by atoms with Crippen molar-refractivity contribution in [2.24, 2.45) is 5.92 Å². The summed E-state index contributed by atoms with van der Waals surface area (Å²) in [6.07, 6.45) is 7.17. The largest absolute Gasteiger partial charge is 0.352 e. The summed E-state index contributed by atoms with van der Waals surface area (Å²) < 4.78 is 13.2. The fourth-order valence-electron chi connectivity index (χ4n) is 4.25. The zero-order valence-electron chi connectivity index (χ0n) is 13.7. The number of fused-ring (bicyclic) bond motifs is 1. The van der Waals surface area contributed by atoms with Crippen LogP contribution in [0.25, 0.3) is 0 Å². The number of carbonyl (C=O) groups excluding carboxylic acids is 2. The zero-order valence-corrected chi connectivity index (χ0v) is 13.7. The lowest BCUT2D eigenvalue weighted by molar-refractivity contribution is -0.125. The highest BCUT2D eigenvalue weighted by Crippen LogP contribution is 2.40. The van der Waals surface area contributed by atoms with Gasteiger partial charge in [-0.25, -0.2) is 4.39 Å². The first-order valence-corrected chi connectivity index (χ1v) is 9.02. The highest BCUT2D eigenvalue weighted by molar-refractivity contribution is 5.98. The molecule has 0 unspecified atom stereocenters. The number of likely N-dealkylation sites (tertiary alicyclic amines) is 1. The molecular formula is C19H23FN2O2. The van der Waals surface area contributed by atoms with E-state index < -0.39 is 0 Å². The monoisotopic (exact) mass is 330 g/mol. The van der Waals surface area contributed by atoms with Crippen molar-refractivity contribution in [2.75, 3.05) is 0 Å². The molecule has 0 spiro atoms. The average Bonchev–Trinajstić information content (AvgIpc) is 3.31. The van der Waals surface area contributed by atoms with Gasteiger partial charge < -0.3 is 10.2 Å². The number of amides is 2. The maximum Gasteiger partial charge on any atom is 0.254 e. The Morgan fingerprint density at radius 3 is 2.46 bits per heavy atom. The fourth-order valence-corrected chi connectivity index (χ4v) is 4.25. The molecule has 0 bridgehead atoms. The van der Waals surface area contributed by atoms with E-state index in [0.717, 1.165) is 38.5 Å². The van der Waals surface area contributed by atoms with Crippen molar-refractivity contribution >= 4 is 11.8 Å². The highest BCUT2D eigenvalue weighted by atomic mass is 19.1. The van der Waals surface area contributed by atoms with Gasteiger partial charge in [-0.15, -0.1) is 0 Å². The van der Waals surface area contributed by atoms with Crippen LogP contribution in [0.1, 0.15) is 55.3 Å². The minimum absolute atomic E-state index is 0.0117. The first kappa shape index (κ1) is 15.6. The Balaban J connectivity index is 1.60. The first-order valence-electron chi connectivity index (χ1n) is 9.02. The van der Waals surface area contributed by atoms with Crippen LogP contribution in [0.5, 0.6) is 0 Å². The van der Waals surface area contributed by atoms with Crippen LogP contribution < -0.4 is 5.32 Å². The van der Waals surface area contributed by atoms with Crippen LogP contribution in [0.2, 0.25) is 0 Å². The summed E-state index contributed by atoms with van der Waals surface area (Å²) in [5.41, 5.74) is 0.465. The van der Waals surface area contributed by atoms with Crippen LogP contribution in [0, 0.1) is 11.7 Å². The van der Waals surface area contributed by atoms with E-state index in [1.54, 1.807) is 4.90 Å². The van der Waals surface area contributed by atoms with Gasteiger partial charge in [-0.3, -0.25) is 9.59 Å². The van der Waals surface area contributed by atoms with E-state index >= 15 is 0 Å². The molecule has 4 rings (SSSR count). The predicted molar refractivity (Wildman–Crippen MR) is 87.9 cm³/mol. The van der Waals surface area contributed by atoms with E-state index in [2.05, 4.69) is 5.32 Å². The van der Waals surface area contributed by atoms with E-state index in [4.69, 9.17) is 0 Å². The Bertz CT molecular complexity index is 641. The van der Waals surface area contributed by atoms with Gasteiger partial charge in [0, 0.05) is 17.6 Å². The first-order chi connectivity index (χ1) is 11.6. The third-order valence-electron chi connectivity index (χ3n) is 5.64. The molecule has 5 heteroatoms. The van der Waals surface area contributed by atoms with E-state index in [-0.39, 0.29) is 29.7 Å². The minimum atomic E-state index is -0.378. The highest BCUT2D eigenvalue weighted by Gasteiger charge is 2.48. The summed E-state index contributed by atoms with van der Waals surface area (Å²) in [7, 11) is 0. The van der Waals surface area contributed by atoms with E-state index in [0.29, 0.717) is 17.5 Å². The van der Waals surface area contributed by atoms with Crippen LogP contribution in [-0.4, -0.2) is 34.8 Å². The molecule has 2 aliphatic carbocycles. The number of benzene rings is 1. The van der Waals surface area contributed by atoms with Gasteiger partial charge in [0.15, 0.2) is 0 Å². The van der Waals surface area contributed by atoms with Crippen LogP contribution in [0.3, 0.4) is 0 Å². The quantitative estimate of drug-likeness (QED) is 0.926. The zero-order chi connectivity index (χ0) is 16.7. The number of nitrogens with zero attached hydrogens (tertiary/aromatic N) is 1. The van der Waals surface area contributed by atoms with Crippen LogP contribution in [-0.2, 0) is 4.79 Å². The van der Waals surface area contributed by atoms with Crippen molar-refractivity contribution in [3.63, 3.8) is 0 Å². The number of hydrogen-bond acceptors (Lipinski definition) is 2. The summed E-state index contributed by atoms with van der Waals surface area (Å²) in [4.78, 5) is 27.5. The van der Waals surface area contributed by atoms with Crippen molar-refractivity contribution < 1.29 is 14.0 Å². The molecule has 1 N–H and O–H groups in total. The van der Waals surface area contributed by atoms with Gasteiger partial charge in [-0.1, -0.05) is 12.8 Å². The Morgan fingerprint density at radius 2 is 1.75 bits per heavy atom. The normalized spacial score (nSPS) is 29.2. The maximum absolute atomic E-state index is 13.2. The second-order valence-electron chi connectivity index (χ2n) is 7.37. The lowest BCUT2D eigenvalue weighted by atomic mass is 9.84. The lowest BCUT2D eigenvalue weighted by Crippen LogP contribution is -2.50. The molecule has 24 heavy (non-hydrogen) atoms. The molecule has 2 saturated carbocycles. The summed E-state index contributed by atoms with van der Waals surface area (Å²) in [5, 5.41) is 3.06.